The molecule has 0 aromatic heterocycles. The first-order valence-corrected chi connectivity index (χ1v) is 12.1. The van der Waals surface area contributed by atoms with E-state index in [1.807, 2.05) is 0 Å². The summed E-state index contributed by atoms with van der Waals surface area (Å²) in [4.78, 5) is 14.9. The standard InChI is InChI=1S/C22H24ClFN2O5S/c1-22(2,31-20-5-3-16(24)14-18(20)23)21(27)25-8-10-26(11-9-25)32(28,29)17-4-6-19-15(13-17)7-12-30-19/h3-6,13-14H,7-12H2,1-2H3. The van der Waals surface area contributed by atoms with Crippen molar-refractivity contribution in [2.45, 2.75) is 30.8 Å². The van der Waals surface area contributed by atoms with E-state index in [1.165, 1.54) is 16.4 Å². The second kappa shape index (κ2) is 8.53. The summed E-state index contributed by atoms with van der Waals surface area (Å²) in [7, 11) is -3.67. The van der Waals surface area contributed by atoms with Gasteiger partial charge in [-0.3, -0.25) is 4.79 Å². The molecule has 0 radical (unpaired) electrons. The maximum Gasteiger partial charge on any atom is 0.266 e. The zero-order valence-corrected chi connectivity index (χ0v) is 19.4. The van der Waals surface area contributed by atoms with Crippen LogP contribution in [-0.2, 0) is 21.2 Å². The van der Waals surface area contributed by atoms with Gasteiger partial charge in [0, 0.05) is 32.6 Å². The average molecular weight is 483 g/mol. The highest BCUT2D eigenvalue weighted by Crippen LogP contribution is 2.31. The lowest BCUT2D eigenvalue weighted by atomic mass is 10.1. The van der Waals surface area contributed by atoms with Crippen LogP contribution in [0.5, 0.6) is 11.5 Å². The highest BCUT2D eigenvalue weighted by atomic mass is 35.5. The monoisotopic (exact) mass is 482 g/mol. The summed E-state index contributed by atoms with van der Waals surface area (Å²) in [5.41, 5.74) is -0.374. The Morgan fingerprint density at radius 1 is 1.12 bits per heavy atom. The van der Waals surface area contributed by atoms with Crippen molar-refractivity contribution in [2.75, 3.05) is 32.8 Å². The molecule has 10 heteroatoms. The molecule has 0 saturated carbocycles. The van der Waals surface area contributed by atoms with E-state index in [4.69, 9.17) is 21.1 Å². The molecule has 2 aromatic rings. The lowest BCUT2D eigenvalue weighted by Gasteiger charge is -2.38. The zero-order chi connectivity index (χ0) is 23.1. The third-order valence-corrected chi connectivity index (χ3v) is 7.79. The van der Waals surface area contributed by atoms with Gasteiger partial charge in [-0.1, -0.05) is 11.6 Å². The molecule has 172 valence electrons. The SMILES string of the molecule is CC(C)(Oc1ccc(F)cc1Cl)C(=O)N1CCN(S(=O)(=O)c2ccc3c(c2)CCO3)CC1. The number of hydrogen-bond donors (Lipinski definition) is 0. The molecule has 2 aliphatic heterocycles. The molecule has 0 atom stereocenters. The second-order valence-corrected chi connectivity index (χ2v) is 10.6. The number of sulfonamides is 1. The van der Waals surface area contributed by atoms with E-state index >= 15 is 0 Å². The summed E-state index contributed by atoms with van der Waals surface area (Å²) in [6.07, 6.45) is 0.689. The molecule has 0 bridgehead atoms. The molecule has 2 aromatic carbocycles. The van der Waals surface area contributed by atoms with E-state index in [9.17, 15) is 17.6 Å². The predicted octanol–water partition coefficient (Wildman–Crippen LogP) is 3.10. The largest absolute Gasteiger partial charge is 0.493 e. The molecular weight excluding hydrogens is 459 g/mol. The molecule has 0 aliphatic carbocycles. The van der Waals surface area contributed by atoms with Crippen LogP contribution in [-0.4, -0.2) is 61.9 Å². The smallest absolute Gasteiger partial charge is 0.266 e. The number of fused-ring (bicyclic) bond motifs is 1. The fraction of sp³-hybridized carbons (Fsp3) is 0.409. The minimum absolute atomic E-state index is 0.0709. The number of amides is 1. The van der Waals surface area contributed by atoms with Gasteiger partial charge in [-0.15, -0.1) is 0 Å². The van der Waals surface area contributed by atoms with Crippen LogP contribution in [0.15, 0.2) is 41.3 Å². The first-order valence-electron chi connectivity index (χ1n) is 10.3. The fourth-order valence-electron chi connectivity index (χ4n) is 3.86. The average Bonchev–Trinajstić information content (AvgIpc) is 3.23. The predicted molar refractivity (Wildman–Crippen MR) is 117 cm³/mol. The van der Waals surface area contributed by atoms with Gasteiger partial charge in [0.2, 0.25) is 10.0 Å². The molecule has 1 fully saturated rings. The molecule has 1 saturated heterocycles. The Balaban J connectivity index is 1.41. The highest BCUT2D eigenvalue weighted by Gasteiger charge is 2.38. The van der Waals surface area contributed by atoms with Crippen molar-refractivity contribution in [3.63, 3.8) is 0 Å². The van der Waals surface area contributed by atoms with Crippen molar-refractivity contribution in [1.29, 1.82) is 0 Å². The summed E-state index contributed by atoms with van der Waals surface area (Å²) in [5.74, 6) is 0.125. The number of piperazine rings is 1. The van der Waals surface area contributed by atoms with Crippen molar-refractivity contribution < 1.29 is 27.1 Å². The van der Waals surface area contributed by atoms with Crippen molar-refractivity contribution in [3.05, 3.63) is 52.8 Å². The topological polar surface area (TPSA) is 76.2 Å². The van der Waals surface area contributed by atoms with Crippen molar-refractivity contribution in [1.82, 2.24) is 9.21 Å². The molecular formula is C22H24ClFN2O5S. The molecule has 0 N–H and O–H groups in total. The highest BCUT2D eigenvalue weighted by molar-refractivity contribution is 7.89. The Kier molecular flexibility index (Phi) is 6.08. The van der Waals surface area contributed by atoms with Crippen molar-refractivity contribution in [3.8, 4) is 11.5 Å². The number of rotatable bonds is 5. The maximum atomic E-state index is 13.3. The quantitative estimate of drug-likeness (QED) is 0.654. The van der Waals surface area contributed by atoms with Crippen LogP contribution in [0.1, 0.15) is 19.4 Å². The van der Waals surface area contributed by atoms with Crippen LogP contribution < -0.4 is 9.47 Å². The van der Waals surface area contributed by atoms with Gasteiger partial charge >= 0.3 is 0 Å². The van der Waals surface area contributed by atoms with Crippen LogP contribution in [0, 0.1) is 5.82 Å². The molecule has 32 heavy (non-hydrogen) atoms. The van der Waals surface area contributed by atoms with Gasteiger partial charge in [0.05, 0.1) is 16.5 Å². The van der Waals surface area contributed by atoms with Crippen LogP contribution in [0.3, 0.4) is 0 Å². The molecule has 2 heterocycles. The Bertz CT molecular complexity index is 1150. The number of hydrogen-bond acceptors (Lipinski definition) is 5. The van der Waals surface area contributed by atoms with Crippen LogP contribution in [0.2, 0.25) is 5.02 Å². The van der Waals surface area contributed by atoms with Crippen LogP contribution >= 0.6 is 11.6 Å². The van der Waals surface area contributed by atoms with E-state index < -0.39 is 21.4 Å². The molecule has 0 unspecified atom stereocenters. The van der Waals surface area contributed by atoms with E-state index in [0.717, 1.165) is 17.4 Å². The Labute approximate surface area is 191 Å². The lowest BCUT2D eigenvalue weighted by Crippen LogP contribution is -2.56. The number of nitrogens with zero attached hydrogens (tertiary/aromatic N) is 2. The van der Waals surface area contributed by atoms with Crippen molar-refractivity contribution in [2.24, 2.45) is 0 Å². The van der Waals surface area contributed by atoms with Crippen LogP contribution in [0.25, 0.3) is 0 Å². The normalized spacial score (nSPS) is 17.1. The Morgan fingerprint density at radius 3 is 2.53 bits per heavy atom. The number of carbonyl (C=O) groups excluding carboxylic acids is 1. The third kappa shape index (κ3) is 4.42. The molecule has 4 rings (SSSR count). The van der Waals surface area contributed by atoms with E-state index in [1.54, 1.807) is 36.9 Å². The molecule has 1 amide bonds. The zero-order valence-electron chi connectivity index (χ0n) is 17.8. The van der Waals surface area contributed by atoms with E-state index in [-0.39, 0.29) is 47.8 Å². The second-order valence-electron chi connectivity index (χ2n) is 8.25. The van der Waals surface area contributed by atoms with Crippen molar-refractivity contribution >= 4 is 27.5 Å². The summed E-state index contributed by atoms with van der Waals surface area (Å²) >= 11 is 6.02. The van der Waals surface area contributed by atoms with Crippen LogP contribution in [0.4, 0.5) is 4.39 Å². The number of halogens is 2. The summed E-state index contributed by atoms with van der Waals surface area (Å²) in [6.45, 7) is 4.58. The van der Waals surface area contributed by atoms with Gasteiger partial charge in [-0.25, -0.2) is 12.8 Å². The molecule has 0 spiro atoms. The number of benzene rings is 2. The summed E-state index contributed by atoms with van der Waals surface area (Å²) in [6, 6.07) is 8.61. The maximum absolute atomic E-state index is 13.3. The fourth-order valence-corrected chi connectivity index (χ4v) is 5.54. The summed E-state index contributed by atoms with van der Waals surface area (Å²) in [5, 5.41) is 0.0709. The lowest BCUT2D eigenvalue weighted by molar-refractivity contribution is -0.146. The van der Waals surface area contributed by atoms with E-state index in [0.29, 0.717) is 13.0 Å². The van der Waals surface area contributed by atoms with E-state index in [2.05, 4.69) is 0 Å². The third-order valence-electron chi connectivity index (χ3n) is 5.60. The van der Waals surface area contributed by atoms with Gasteiger partial charge in [0.25, 0.3) is 5.91 Å². The summed E-state index contributed by atoms with van der Waals surface area (Å²) < 4.78 is 52.0. The first kappa shape index (κ1) is 22.8. The van der Waals surface area contributed by atoms with Gasteiger partial charge in [-0.05, 0) is 55.8 Å². The first-order chi connectivity index (χ1) is 15.1. The number of carbonyl (C=O) groups is 1. The number of ether oxygens (including phenoxy) is 2. The Hall–Kier alpha value is -2.36. The van der Waals surface area contributed by atoms with Gasteiger partial charge < -0.3 is 14.4 Å². The van der Waals surface area contributed by atoms with Gasteiger partial charge in [0.15, 0.2) is 5.60 Å². The van der Waals surface area contributed by atoms with Gasteiger partial charge in [-0.2, -0.15) is 4.31 Å². The minimum atomic E-state index is -3.67. The van der Waals surface area contributed by atoms with Gasteiger partial charge in [0.1, 0.15) is 17.3 Å². The Morgan fingerprint density at radius 2 is 1.84 bits per heavy atom. The minimum Gasteiger partial charge on any atom is -0.493 e. The molecule has 7 nitrogen and oxygen atoms in total. The molecule has 2 aliphatic rings.